The number of aromatic nitrogens is 3. The van der Waals surface area contributed by atoms with E-state index in [1.54, 1.807) is 0 Å². The highest BCUT2D eigenvalue weighted by Gasteiger charge is 2.30. The highest BCUT2D eigenvalue weighted by Crippen LogP contribution is 2.40. The van der Waals surface area contributed by atoms with Crippen molar-refractivity contribution in [2.75, 3.05) is 11.1 Å². The second-order valence-corrected chi connectivity index (χ2v) is 7.55. The first kappa shape index (κ1) is 16.5. The van der Waals surface area contributed by atoms with Crippen LogP contribution in [0, 0.1) is 3.57 Å². The van der Waals surface area contributed by atoms with E-state index in [4.69, 9.17) is 0 Å². The van der Waals surface area contributed by atoms with E-state index in [1.807, 2.05) is 30.3 Å². The molecule has 0 bridgehead atoms. The second kappa shape index (κ2) is 7.48. The SMILES string of the molecule is C=CCn1c(SCC(=O)Nc2cccc(I)c2)nnc1C1CC1. The normalized spacial score (nSPS) is 13.8. The Kier molecular flexibility index (Phi) is 5.37. The number of nitrogens with zero attached hydrogens (tertiary/aromatic N) is 3. The third-order valence-corrected chi connectivity index (χ3v) is 5.08. The van der Waals surface area contributed by atoms with Gasteiger partial charge >= 0.3 is 0 Å². The first-order valence-corrected chi connectivity index (χ1v) is 9.46. The minimum absolute atomic E-state index is 0.0434. The van der Waals surface area contributed by atoms with Crippen molar-refractivity contribution < 1.29 is 4.79 Å². The van der Waals surface area contributed by atoms with Gasteiger partial charge in [-0.25, -0.2) is 0 Å². The van der Waals surface area contributed by atoms with E-state index in [-0.39, 0.29) is 5.91 Å². The van der Waals surface area contributed by atoms with Crippen LogP contribution in [0.4, 0.5) is 5.69 Å². The van der Waals surface area contributed by atoms with Crippen molar-refractivity contribution in [2.24, 2.45) is 0 Å². The fourth-order valence-electron chi connectivity index (χ4n) is 2.24. The molecule has 0 atom stereocenters. The largest absolute Gasteiger partial charge is 0.325 e. The van der Waals surface area contributed by atoms with Crippen LogP contribution >= 0.6 is 34.4 Å². The molecule has 0 unspecified atom stereocenters. The molecule has 1 N–H and O–H groups in total. The van der Waals surface area contributed by atoms with Gasteiger partial charge in [0.2, 0.25) is 5.91 Å². The van der Waals surface area contributed by atoms with Gasteiger partial charge in [0.05, 0.1) is 5.75 Å². The van der Waals surface area contributed by atoms with Crippen LogP contribution in [-0.4, -0.2) is 26.4 Å². The summed E-state index contributed by atoms with van der Waals surface area (Å²) in [5.41, 5.74) is 0.814. The number of amides is 1. The standard InChI is InChI=1S/C16H17IN4OS/c1-2-8-21-15(11-6-7-11)19-20-16(21)23-10-14(22)18-13-5-3-4-12(17)9-13/h2-5,9,11H,1,6-8,10H2,(H,18,22). The van der Waals surface area contributed by atoms with Crippen molar-refractivity contribution in [1.29, 1.82) is 0 Å². The Morgan fingerprint density at radius 2 is 2.30 bits per heavy atom. The molecule has 1 amide bonds. The third-order valence-electron chi connectivity index (χ3n) is 3.44. The van der Waals surface area contributed by atoms with E-state index < -0.39 is 0 Å². The summed E-state index contributed by atoms with van der Waals surface area (Å²) < 4.78 is 3.15. The van der Waals surface area contributed by atoms with Crippen LogP contribution in [0.25, 0.3) is 0 Å². The number of halogens is 1. The Morgan fingerprint density at radius 1 is 1.48 bits per heavy atom. The van der Waals surface area contributed by atoms with E-state index in [0.29, 0.717) is 18.2 Å². The van der Waals surface area contributed by atoms with E-state index >= 15 is 0 Å². The lowest BCUT2D eigenvalue weighted by atomic mass is 10.3. The number of hydrogen-bond acceptors (Lipinski definition) is 4. The highest BCUT2D eigenvalue weighted by atomic mass is 127. The van der Waals surface area contributed by atoms with E-state index in [9.17, 15) is 4.79 Å². The summed E-state index contributed by atoms with van der Waals surface area (Å²) in [7, 11) is 0. The molecule has 1 fully saturated rings. The predicted octanol–water partition coefficient (Wildman–Crippen LogP) is 3.68. The fraction of sp³-hybridized carbons (Fsp3) is 0.312. The summed E-state index contributed by atoms with van der Waals surface area (Å²) in [5, 5.41) is 12.2. The second-order valence-electron chi connectivity index (χ2n) is 5.36. The van der Waals surface area contributed by atoms with Gasteiger partial charge in [0.25, 0.3) is 0 Å². The van der Waals surface area contributed by atoms with Crippen LogP contribution in [0.3, 0.4) is 0 Å². The molecular formula is C16H17IN4OS. The topological polar surface area (TPSA) is 59.8 Å². The van der Waals surface area contributed by atoms with Gasteiger partial charge in [0.1, 0.15) is 5.82 Å². The summed E-state index contributed by atoms with van der Waals surface area (Å²) in [4.78, 5) is 12.1. The average Bonchev–Trinajstić information content (AvgIpc) is 3.28. The number of anilines is 1. The minimum Gasteiger partial charge on any atom is -0.325 e. The fourth-order valence-corrected chi connectivity index (χ4v) is 3.54. The molecule has 7 heteroatoms. The third kappa shape index (κ3) is 4.35. The summed E-state index contributed by atoms with van der Waals surface area (Å²) in [6.07, 6.45) is 4.19. The molecule has 1 heterocycles. The van der Waals surface area contributed by atoms with Crippen molar-refractivity contribution in [3.8, 4) is 0 Å². The van der Waals surface area contributed by atoms with Crippen molar-refractivity contribution >= 4 is 45.9 Å². The van der Waals surface area contributed by atoms with Gasteiger partial charge in [-0.3, -0.25) is 4.79 Å². The quantitative estimate of drug-likeness (QED) is 0.406. The Hall–Kier alpha value is -1.35. The van der Waals surface area contributed by atoms with Gasteiger partial charge in [-0.05, 0) is 53.6 Å². The molecule has 120 valence electrons. The molecular weight excluding hydrogens is 423 g/mol. The maximum atomic E-state index is 12.1. The molecule has 5 nitrogen and oxygen atoms in total. The monoisotopic (exact) mass is 440 g/mol. The van der Waals surface area contributed by atoms with E-state index in [0.717, 1.165) is 20.2 Å². The van der Waals surface area contributed by atoms with Gasteiger partial charge < -0.3 is 9.88 Å². The summed E-state index contributed by atoms with van der Waals surface area (Å²) in [6.45, 7) is 4.47. The van der Waals surface area contributed by atoms with Crippen LogP contribution in [0.2, 0.25) is 0 Å². The number of carbonyl (C=O) groups is 1. The smallest absolute Gasteiger partial charge is 0.234 e. The summed E-state index contributed by atoms with van der Waals surface area (Å²) >= 11 is 3.64. The van der Waals surface area contributed by atoms with E-state index in [2.05, 4.69) is 49.3 Å². The van der Waals surface area contributed by atoms with Crippen molar-refractivity contribution in [3.63, 3.8) is 0 Å². The molecule has 3 rings (SSSR count). The van der Waals surface area contributed by atoms with Gasteiger partial charge in [-0.1, -0.05) is 23.9 Å². The van der Waals surface area contributed by atoms with Crippen molar-refractivity contribution in [1.82, 2.24) is 14.8 Å². The molecule has 1 aliphatic carbocycles. The molecule has 2 aromatic rings. The highest BCUT2D eigenvalue weighted by molar-refractivity contribution is 14.1. The van der Waals surface area contributed by atoms with Gasteiger partial charge in [-0.15, -0.1) is 16.8 Å². The van der Waals surface area contributed by atoms with Gasteiger partial charge in [0.15, 0.2) is 5.16 Å². The number of benzene rings is 1. The lowest BCUT2D eigenvalue weighted by molar-refractivity contribution is -0.113. The lowest BCUT2D eigenvalue weighted by Crippen LogP contribution is -2.14. The predicted molar refractivity (Wildman–Crippen MR) is 101 cm³/mol. The molecule has 1 aromatic carbocycles. The summed E-state index contributed by atoms with van der Waals surface area (Å²) in [5.74, 6) is 1.81. The molecule has 0 aliphatic heterocycles. The Labute approximate surface area is 153 Å². The van der Waals surface area contributed by atoms with E-state index in [1.165, 1.54) is 24.6 Å². The van der Waals surface area contributed by atoms with Crippen LogP contribution < -0.4 is 5.32 Å². The molecule has 0 saturated heterocycles. The number of carbonyl (C=O) groups excluding carboxylic acids is 1. The van der Waals surface area contributed by atoms with Crippen molar-refractivity contribution in [3.05, 3.63) is 46.3 Å². The summed E-state index contributed by atoms with van der Waals surface area (Å²) in [6, 6.07) is 7.74. The Bertz CT molecular complexity index is 727. The number of thioether (sulfide) groups is 1. The zero-order valence-corrected chi connectivity index (χ0v) is 15.5. The van der Waals surface area contributed by atoms with Crippen molar-refractivity contribution in [2.45, 2.75) is 30.5 Å². The van der Waals surface area contributed by atoms with Gasteiger partial charge in [-0.2, -0.15) is 0 Å². The first-order chi connectivity index (χ1) is 11.2. The zero-order valence-electron chi connectivity index (χ0n) is 12.5. The number of hydrogen-bond donors (Lipinski definition) is 1. The maximum Gasteiger partial charge on any atom is 0.234 e. The molecule has 0 spiro atoms. The van der Waals surface area contributed by atoms with Crippen LogP contribution in [0.15, 0.2) is 42.1 Å². The van der Waals surface area contributed by atoms with Crippen LogP contribution in [0.1, 0.15) is 24.6 Å². The molecule has 23 heavy (non-hydrogen) atoms. The van der Waals surface area contributed by atoms with Crippen LogP contribution in [0.5, 0.6) is 0 Å². The van der Waals surface area contributed by atoms with Crippen LogP contribution in [-0.2, 0) is 11.3 Å². The molecule has 1 aromatic heterocycles. The zero-order chi connectivity index (χ0) is 16.2. The number of rotatable bonds is 7. The number of allylic oxidation sites excluding steroid dienone is 1. The average molecular weight is 440 g/mol. The molecule has 0 radical (unpaired) electrons. The van der Waals surface area contributed by atoms with Gasteiger partial charge in [0, 0.05) is 21.7 Å². The Morgan fingerprint density at radius 3 is 3.00 bits per heavy atom. The lowest BCUT2D eigenvalue weighted by Gasteiger charge is -2.07. The first-order valence-electron chi connectivity index (χ1n) is 7.39. The minimum atomic E-state index is -0.0434. The number of nitrogens with one attached hydrogen (secondary N) is 1. The Balaban J connectivity index is 1.61. The molecule has 1 aliphatic rings. The molecule has 1 saturated carbocycles. The maximum absolute atomic E-state index is 12.1.